The van der Waals surface area contributed by atoms with E-state index in [4.69, 9.17) is 4.74 Å². The summed E-state index contributed by atoms with van der Waals surface area (Å²) in [5.74, 6) is -0.498. The van der Waals surface area contributed by atoms with Crippen molar-refractivity contribution >= 4 is 15.9 Å². The van der Waals surface area contributed by atoms with Crippen molar-refractivity contribution in [2.24, 2.45) is 0 Å². The Kier molecular flexibility index (Phi) is 3.95. The predicted molar refractivity (Wildman–Crippen MR) is 80.3 cm³/mol. The van der Waals surface area contributed by atoms with Crippen molar-refractivity contribution in [1.29, 1.82) is 0 Å². The maximum atomic E-state index is 14.0. The number of ether oxygens (including phenoxy) is 1. The van der Waals surface area contributed by atoms with Gasteiger partial charge >= 0.3 is 0 Å². The van der Waals surface area contributed by atoms with Crippen molar-refractivity contribution in [3.05, 3.63) is 63.6 Å². The molecule has 1 heterocycles. The van der Waals surface area contributed by atoms with Crippen molar-refractivity contribution in [2.75, 3.05) is 7.05 Å². The summed E-state index contributed by atoms with van der Waals surface area (Å²) in [5, 5.41) is 3.18. The summed E-state index contributed by atoms with van der Waals surface area (Å²) in [6, 6.07) is 9.48. The van der Waals surface area contributed by atoms with E-state index in [1.165, 1.54) is 18.2 Å². The lowest BCUT2D eigenvalue weighted by molar-refractivity contribution is 0.145. The van der Waals surface area contributed by atoms with Crippen molar-refractivity contribution in [2.45, 2.75) is 18.6 Å². The molecule has 0 fully saturated rings. The molecule has 0 radical (unpaired) electrons. The Morgan fingerprint density at radius 1 is 1.19 bits per heavy atom. The first-order valence-electron chi connectivity index (χ1n) is 6.67. The van der Waals surface area contributed by atoms with Crippen LogP contribution < -0.4 is 10.1 Å². The summed E-state index contributed by atoms with van der Waals surface area (Å²) in [7, 11) is 1.83. The zero-order valence-electron chi connectivity index (χ0n) is 11.4. The third kappa shape index (κ3) is 2.68. The van der Waals surface area contributed by atoms with Crippen molar-refractivity contribution < 1.29 is 13.5 Å². The minimum atomic E-state index is -0.641. The molecule has 0 spiro atoms. The molecule has 3 rings (SSSR count). The molecule has 21 heavy (non-hydrogen) atoms. The van der Waals surface area contributed by atoms with E-state index in [-0.39, 0.29) is 11.6 Å². The molecule has 1 N–H and O–H groups in total. The maximum Gasteiger partial charge on any atom is 0.133 e. The molecule has 2 unspecified atom stereocenters. The molecule has 0 amide bonds. The van der Waals surface area contributed by atoms with Gasteiger partial charge in [0.1, 0.15) is 23.5 Å². The van der Waals surface area contributed by atoms with Crippen LogP contribution in [-0.4, -0.2) is 7.05 Å². The molecule has 2 nitrogen and oxygen atoms in total. The Labute approximate surface area is 130 Å². The van der Waals surface area contributed by atoms with Crippen LogP contribution in [0, 0.1) is 11.6 Å². The van der Waals surface area contributed by atoms with Gasteiger partial charge in [-0.25, -0.2) is 8.78 Å². The third-order valence-electron chi connectivity index (χ3n) is 3.74. The molecule has 2 aromatic carbocycles. The van der Waals surface area contributed by atoms with E-state index in [2.05, 4.69) is 21.2 Å². The Balaban J connectivity index is 2.03. The second kappa shape index (κ2) is 5.73. The average molecular weight is 354 g/mol. The lowest BCUT2D eigenvalue weighted by Gasteiger charge is -2.32. The lowest BCUT2D eigenvalue weighted by Crippen LogP contribution is -2.27. The standard InChI is InChI=1S/C16H14BrF2NO/c1-20-13-8-15(16-11(18)3-2-4-12(16)19)21-14-6-5-9(17)7-10(13)14/h2-7,13,15,20H,8H2,1H3. The van der Waals surface area contributed by atoms with Gasteiger partial charge < -0.3 is 10.1 Å². The quantitative estimate of drug-likeness (QED) is 0.857. The van der Waals surface area contributed by atoms with Gasteiger partial charge in [-0.3, -0.25) is 0 Å². The minimum absolute atomic E-state index is 0.00804. The summed E-state index contributed by atoms with van der Waals surface area (Å²) in [6.07, 6.45) is -0.171. The van der Waals surface area contributed by atoms with E-state index in [1.54, 1.807) is 0 Å². The van der Waals surface area contributed by atoms with E-state index in [0.717, 1.165) is 10.0 Å². The summed E-state index contributed by atoms with van der Waals surface area (Å²) < 4.78 is 34.7. The number of benzene rings is 2. The van der Waals surface area contributed by atoms with E-state index >= 15 is 0 Å². The van der Waals surface area contributed by atoms with Crippen LogP contribution in [0.4, 0.5) is 8.78 Å². The molecule has 0 aromatic heterocycles. The zero-order chi connectivity index (χ0) is 15.0. The highest BCUT2D eigenvalue weighted by molar-refractivity contribution is 9.10. The fraction of sp³-hybridized carbons (Fsp3) is 0.250. The third-order valence-corrected chi connectivity index (χ3v) is 4.23. The molecule has 0 bridgehead atoms. The van der Waals surface area contributed by atoms with Gasteiger partial charge in [0.15, 0.2) is 0 Å². The van der Waals surface area contributed by atoms with Crippen molar-refractivity contribution in [1.82, 2.24) is 5.32 Å². The molecule has 0 saturated carbocycles. The number of hydrogen-bond acceptors (Lipinski definition) is 2. The smallest absolute Gasteiger partial charge is 0.133 e. The fourth-order valence-electron chi connectivity index (χ4n) is 2.71. The predicted octanol–water partition coefficient (Wildman–Crippen LogP) is 4.51. The Hall–Kier alpha value is -1.46. The van der Waals surface area contributed by atoms with Crippen LogP contribution in [0.3, 0.4) is 0 Å². The number of rotatable bonds is 2. The van der Waals surface area contributed by atoms with Gasteiger partial charge in [-0.2, -0.15) is 0 Å². The monoisotopic (exact) mass is 353 g/mol. The van der Waals surface area contributed by atoms with Crippen LogP contribution in [-0.2, 0) is 0 Å². The van der Waals surface area contributed by atoms with Gasteiger partial charge in [0, 0.05) is 22.5 Å². The van der Waals surface area contributed by atoms with E-state index < -0.39 is 17.7 Å². The summed E-state index contributed by atoms with van der Waals surface area (Å²) >= 11 is 3.43. The fourth-order valence-corrected chi connectivity index (χ4v) is 3.09. The normalized spacial score (nSPS) is 20.8. The summed E-state index contributed by atoms with van der Waals surface area (Å²) in [6.45, 7) is 0. The highest BCUT2D eigenvalue weighted by atomic mass is 79.9. The molecule has 5 heteroatoms. The Morgan fingerprint density at radius 3 is 2.57 bits per heavy atom. The molecular weight excluding hydrogens is 340 g/mol. The first kappa shape index (κ1) is 14.5. The second-order valence-corrected chi connectivity index (χ2v) is 5.92. The van der Waals surface area contributed by atoms with Gasteiger partial charge in [0.25, 0.3) is 0 Å². The Morgan fingerprint density at radius 2 is 1.90 bits per heavy atom. The van der Waals surface area contributed by atoms with Crippen LogP contribution >= 0.6 is 15.9 Å². The topological polar surface area (TPSA) is 21.3 Å². The Bertz CT molecular complexity index is 657. The molecule has 0 saturated heterocycles. The molecule has 110 valence electrons. The molecule has 2 aromatic rings. The number of fused-ring (bicyclic) bond motifs is 1. The van der Waals surface area contributed by atoms with Gasteiger partial charge in [0.05, 0.1) is 5.56 Å². The maximum absolute atomic E-state index is 14.0. The zero-order valence-corrected chi connectivity index (χ0v) is 13.0. The number of hydrogen-bond donors (Lipinski definition) is 1. The van der Waals surface area contributed by atoms with Gasteiger partial charge in [-0.15, -0.1) is 0 Å². The molecule has 1 aliphatic heterocycles. The van der Waals surface area contributed by atoms with E-state index in [1.807, 2.05) is 25.2 Å². The van der Waals surface area contributed by atoms with Crippen LogP contribution in [0.15, 0.2) is 40.9 Å². The van der Waals surface area contributed by atoms with Crippen LogP contribution in [0.2, 0.25) is 0 Å². The van der Waals surface area contributed by atoms with Gasteiger partial charge in [-0.1, -0.05) is 22.0 Å². The van der Waals surface area contributed by atoms with Crippen LogP contribution in [0.5, 0.6) is 5.75 Å². The van der Waals surface area contributed by atoms with Crippen molar-refractivity contribution in [3.63, 3.8) is 0 Å². The summed E-state index contributed by atoms with van der Waals surface area (Å²) in [5.41, 5.74) is 0.978. The minimum Gasteiger partial charge on any atom is -0.485 e. The average Bonchev–Trinajstić information content (AvgIpc) is 2.46. The van der Waals surface area contributed by atoms with Crippen molar-refractivity contribution in [3.8, 4) is 5.75 Å². The molecular formula is C16H14BrF2NO. The van der Waals surface area contributed by atoms with Crippen LogP contribution in [0.1, 0.15) is 29.7 Å². The van der Waals surface area contributed by atoms with Crippen LogP contribution in [0.25, 0.3) is 0 Å². The summed E-state index contributed by atoms with van der Waals surface area (Å²) in [4.78, 5) is 0. The number of halogens is 3. The molecule has 0 aliphatic carbocycles. The SMILES string of the molecule is CNC1CC(c2c(F)cccc2F)Oc2ccc(Br)cc21. The number of nitrogens with one attached hydrogen (secondary N) is 1. The first-order chi connectivity index (χ1) is 10.1. The highest BCUT2D eigenvalue weighted by Gasteiger charge is 2.31. The van der Waals surface area contributed by atoms with E-state index in [0.29, 0.717) is 12.2 Å². The van der Waals surface area contributed by atoms with Gasteiger partial charge in [0.2, 0.25) is 0 Å². The van der Waals surface area contributed by atoms with Gasteiger partial charge in [-0.05, 0) is 37.4 Å². The largest absolute Gasteiger partial charge is 0.485 e. The second-order valence-electron chi connectivity index (χ2n) is 5.00. The molecule has 2 atom stereocenters. The van der Waals surface area contributed by atoms with E-state index in [9.17, 15) is 8.78 Å². The lowest BCUT2D eigenvalue weighted by atomic mass is 9.92. The highest BCUT2D eigenvalue weighted by Crippen LogP contribution is 2.42. The first-order valence-corrected chi connectivity index (χ1v) is 7.46. The molecule has 1 aliphatic rings.